The van der Waals surface area contributed by atoms with Gasteiger partial charge in [-0.2, -0.15) is 0 Å². The quantitative estimate of drug-likeness (QED) is 0.811. The van der Waals surface area contributed by atoms with E-state index >= 15 is 0 Å². The minimum absolute atomic E-state index is 0.782. The number of fused-ring (bicyclic) bond motifs is 1. The van der Waals surface area contributed by atoms with Gasteiger partial charge in [0.2, 0.25) is 0 Å². The summed E-state index contributed by atoms with van der Waals surface area (Å²) in [6.45, 7) is 3.27. The van der Waals surface area contributed by atoms with Crippen LogP contribution in [0, 0.1) is 0 Å². The first-order chi connectivity index (χ1) is 8.38. The van der Waals surface area contributed by atoms with Crippen LogP contribution in [-0.2, 0) is 6.42 Å². The molecule has 0 aromatic heterocycles. The van der Waals surface area contributed by atoms with Crippen LogP contribution in [0.1, 0.15) is 36.3 Å². The molecule has 2 aliphatic carbocycles. The summed E-state index contributed by atoms with van der Waals surface area (Å²) in [5.74, 6) is 0.782. The zero-order valence-electron chi connectivity index (χ0n) is 10.4. The van der Waals surface area contributed by atoms with E-state index in [1.807, 2.05) is 0 Å². The molecule has 0 radical (unpaired) electrons. The maximum atomic E-state index is 5.62. The Morgan fingerprint density at radius 1 is 1.24 bits per heavy atom. The lowest BCUT2D eigenvalue weighted by molar-refractivity contribution is 0.236. The highest BCUT2D eigenvalue weighted by Gasteiger charge is 2.33. The molecule has 2 N–H and O–H groups in total. The zero-order valence-corrected chi connectivity index (χ0v) is 10.4. The molecule has 1 atom stereocenters. The van der Waals surface area contributed by atoms with Crippen molar-refractivity contribution in [3.05, 3.63) is 35.4 Å². The highest BCUT2D eigenvalue weighted by Crippen LogP contribution is 2.37. The summed E-state index contributed by atoms with van der Waals surface area (Å²) in [5, 5.41) is 0. The summed E-state index contributed by atoms with van der Waals surface area (Å²) in [7, 11) is 0. The van der Waals surface area contributed by atoms with Crippen molar-refractivity contribution in [3.63, 3.8) is 0 Å². The van der Waals surface area contributed by atoms with E-state index in [1.54, 1.807) is 11.1 Å². The summed E-state index contributed by atoms with van der Waals surface area (Å²) in [4.78, 5) is 2.67. The van der Waals surface area contributed by atoms with Gasteiger partial charge in [-0.1, -0.05) is 24.3 Å². The van der Waals surface area contributed by atoms with Crippen molar-refractivity contribution in [2.45, 2.75) is 37.6 Å². The summed E-state index contributed by atoms with van der Waals surface area (Å²) in [6, 6.07) is 9.77. The number of nitrogens with zero attached hydrogens (tertiary/aromatic N) is 1. The fourth-order valence-corrected chi connectivity index (χ4v) is 2.97. The van der Waals surface area contributed by atoms with Gasteiger partial charge in [-0.25, -0.2) is 0 Å². The first kappa shape index (κ1) is 11.2. The molecule has 17 heavy (non-hydrogen) atoms. The lowest BCUT2D eigenvalue weighted by Gasteiger charge is -2.35. The minimum atomic E-state index is 0.782. The normalized spacial score (nSPS) is 22.4. The summed E-state index contributed by atoms with van der Waals surface area (Å²) < 4.78 is 0. The first-order valence-electron chi connectivity index (χ1n) is 6.90. The van der Waals surface area contributed by atoms with Crippen LogP contribution in [0.2, 0.25) is 0 Å². The third-order valence-electron chi connectivity index (χ3n) is 4.13. The number of benzene rings is 1. The van der Waals surface area contributed by atoms with Gasteiger partial charge in [-0.3, -0.25) is 4.90 Å². The van der Waals surface area contributed by atoms with E-state index in [0.717, 1.165) is 24.9 Å². The Hall–Kier alpha value is -0.860. The van der Waals surface area contributed by atoms with Crippen molar-refractivity contribution in [1.29, 1.82) is 0 Å². The molecule has 0 bridgehead atoms. The van der Waals surface area contributed by atoms with Crippen LogP contribution in [0.5, 0.6) is 0 Å². The fraction of sp³-hybridized carbons (Fsp3) is 0.600. The lowest BCUT2D eigenvalue weighted by atomic mass is 9.77. The van der Waals surface area contributed by atoms with Crippen molar-refractivity contribution < 1.29 is 0 Å². The second-order valence-corrected chi connectivity index (χ2v) is 5.47. The monoisotopic (exact) mass is 230 g/mol. The Morgan fingerprint density at radius 3 is 2.76 bits per heavy atom. The Morgan fingerprint density at radius 2 is 2.06 bits per heavy atom. The number of nitrogens with two attached hydrogens (primary N) is 1. The minimum Gasteiger partial charge on any atom is -0.330 e. The summed E-state index contributed by atoms with van der Waals surface area (Å²) in [6.07, 6.45) is 5.23. The van der Waals surface area contributed by atoms with E-state index in [1.165, 1.54) is 32.4 Å². The average Bonchev–Trinajstić information content (AvgIpc) is 3.14. The molecular weight excluding hydrogens is 208 g/mol. The van der Waals surface area contributed by atoms with Crippen molar-refractivity contribution in [2.24, 2.45) is 5.73 Å². The van der Waals surface area contributed by atoms with E-state index in [9.17, 15) is 0 Å². The van der Waals surface area contributed by atoms with Crippen molar-refractivity contribution in [3.8, 4) is 0 Å². The van der Waals surface area contributed by atoms with E-state index in [0.29, 0.717) is 0 Å². The number of hydrogen-bond donors (Lipinski definition) is 1. The standard InChI is InChI=1S/C15H22N2/c16-8-3-9-17(14-6-7-14)11-13-10-12-4-1-2-5-15(12)13/h1-2,4-5,13-14H,3,6-11,16H2. The van der Waals surface area contributed by atoms with Gasteiger partial charge in [0.15, 0.2) is 0 Å². The summed E-state index contributed by atoms with van der Waals surface area (Å²) in [5.41, 5.74) is 8.78. The molecule has 1 aromatic carbocycles. The molecule has 1 fully saturated rings. The Kier molecular flexibility index (Phi) is 3.17. The molecule has 2 nitrogen and oxygen atoms in total. The maximum absolute atomic E-state index is 5.62. The highest BCUT2D eigenvalue weighted by molar-refractivity contribution is 5.40. The molecule has 92 valence electrons. The maximum Gasteiger partial charge on any atom is 0.00966 e. The predicted molar refractivity (Wildman–Crippen MR) is 71.2 cm³/mol. The van der Waals surface area contributed by atoms with Gasteiger partial charge < -0.3 is 5.73 Å². The molecule has 0 aliphatic heterocycles. The molecule has 1 saturated carbocycles. The SMILES string of the molecule is NCCCN(CC1Cc2ccccc21)C1CC1. The van der Waals surface area contributed by atoms with Gasteiger partial charge >= 0.3 is 0 Å². The largest absolute Gasteiger partial charge is 0.330 e. The highest BCUT2D eigenvalue weighted by atomic mass is 15.2. The zero-order chi connectivity index (χ0) is 11.7. The van der Waals surface area contributed by atoms with Crippen LogP contribution in [0.4, 0.5) is 0 Å². The summed E-state index contributed by atoms with van der Waals surface area (Å²) >= 11 is 0. The van der Waals surface area contributed by atoms with Crippen molar-refractivity contribution in [2.75, 3.05) is 19.6 Å². The molecule has 2 heteroatoms. The van der Waals surface area contributed by atoms with E-state index in [-0.39, 0.29) is 0 Å². The van der Waals surface area contributed by atoms with Crippen LogP contribution < -0.4 is 5.73 Å². The molecular formula is C15H22N2. The van der Waals surface area contributed by atoms with Gasteiger partial charge in [0.25, 0.3) is 0 Å². The smallest absolute Gasteiger partial charge is 0.00966 e. The van der Waals surface area contributed by atoms with Crippen LogP contribution >= 0.6 is 0 Å². The Balaban J connectivity index is 1.59. The molecule has 0 heterocycles. The van der Waals surface area contributed by atoms with Crippen LogP contribution in [0.3, 0.4) is 0 Å². The van der Waals surface area contributed by atoms with E-state index < -0.39 is 0 Å². The predicted octanol–water partition coefficient (Wildman–Crippen LogP) is 2.14. The van der Waals surface area contributed by atoms with E-state index in [2.05, 4.69) is 29.2 Å². The third kappa shape index (κ3) is 2.38. The van der Waals surface area contributed by atoms with E-state index in [4.69, 9.17) is 5.73 Å². The second-order valence-electron chi connectivity index (χ2n) is 5.47. The fourth-order valence-electron chi connectivity index (χ4n) is 2.97. The van der Waals surface area contributed by atoms with Crippen molar-refractivity contribution in [1.82, 2.24) is 4.90 Å². The molecule has 3 rings (SSSR count). The number of hydrogen-bond acceptors (Lipinski definition) is 2. The molecule has 1 unspecified atom stereocenters. The second kappa shape index (κ2) is 4.79. The van der Waals surface area contributed by atoms with Gasteiger partial charge in [0.05, 0.1) is 0 Å². The topological polar surface area (TPSA) is 29.3 Å². The van der Waals surface area contributed by atoms with Crippen LogP contribution in [0.15, 0.2) is 24.3 Å². The van der Waals surface area contributed by atoms with Crippen LogP contribution in [0.25, 0.3) is 0 Å². The van der Waals surface area contributed by atoms with Crippen LogP contribution in [-0.4, -0.2) is 30.6 Å². The molecule has 0 amide bonds. The number of rotatable bonds is 6. The lowest BCUT2D eigenvalue weighted by Crippen LogP contribution is -2.36. The van der Waals surface area contributed by atoms with Gasteiger partial charge in [0.1, 0.15) is 0 Å². The third-order valence-corrected chi connectivity index (χ3v) is 4.13. The Labute approximate surface area is 104 Å². The molecule has 2 aliphatic rings. The van der Waals surface area contributed by atoms with Gasteiger partial charge in [-0.05, 0) is 49.9 Å². The molecule has 1 aromatic rings. The van der Waals surface area contributed by atoms with Crippen molar-refractivity contribution >= 4 is 0 Å². The molecule has 0 spiro atoms. The van der Waals surface area contributed by atoms with Gasteiger partial charge in [0, 0.05) is 18.5 Å². The Bertz CT molecular complexity index is 384. The average molecular weight is 230 g/mol. The first-order valence-corrected chi connectivity index (χ1v) is 6.90. The molecule has 0 saturated heterocycles. The van der Waals surface area contributed by atoms with Gasteiger partial charge in [-0.15, -0.1) is 0 Å².